The van der Waals surface area contributed by atoms with Crippen molar-refractivity contribution in [3.05, 3.63) is 66.6 Å². The van der Waals surface area contributed by atoms with Gasteiger partial charge in [0, 0.05) is 26.2 Å². The van der Waals surface area contributed by atoms with Crippen LogP contribution in [0.2, 0.25) is 0 Å². The fourth-order valence-electron chi connectivity index (χ4n) is 3.11. The van der Waals surface area contributed by atoms with Crippen molar-refractivity contribution >= 4 is 73.5 Å². The van der Waals surface area contributed by atoms with Crippen LogP contribution >= 0.6 is 0 Å². The minimum atomic E-state index is -0.125. The predicted octanol–water partition coefficient (Wildman–Crippen LogP) is 4.64. The second-order valence-electron chi connectivity index (χ2n) is 6.17. The Labute approximate surface area is 187 Å². The third kappa shape index (κ3) is 4.09. The second-order valence-corrected chi connectivity index (χ2v) is 10.7. The van der Waals surface area contributed by atoms with Gasteiger partial charge in [0.25, 0.3) is 0 Å². The number of aliphatic hydroxyl groups excluding tert-OH is 1. The van der Waals surface area contributed by atoms with Crippen molar-refractivity contribution in [2.75, 3.05) is 0 Å². The summed E-state index contributed by atoms with van der Waals surface area (Å²) in [6.45, 7) is 2.85. The van der Waals surface area contributed by atoms with Crippen molar-refractivity contribution in [3.8, 4) is 0 Å². The number of aromatic nitrogens is 1. The molecular weight excluding hydrogens is 660 g/mol. The third-order valence-corrected chi connectivity index (χ3v) is 8.76. The molecule has 0 fully saturated rings. The van der Waals surface area contributed by atoms with Gasteiger partial charge in [-0.15, -0.1) is 0 Å². The van der Waals surface area contributed by atoms with Crippen LogP contribution in [0.1, 0.15) is 13.8 Å². The van der Waals surface area contributed by atoms with E-state index in [9.17, 15) is 4.79 Å². The van der Waals surface area contributed by atoms with E-state index in [0.717, 1.165) is 5.52 Å². The summed E-state index contributed by atoms with van der Waals surface area (Å²) < 4.78 is 5.90. The Morgan fingerprint density at radius 1 is 1.00 bits per heavy atom. The molecular formula is C22H16IrNO2Se2-. The van der Waals surface area contributed by atoms with Crippen LogP contribution in [-0.4, -0.2) is 44.9 Å². The molecule has 1 N–H and O–H groups in total. The maximum absolute atomic E-state index is 10.0. The fourth-order valence-corrected chi connectivity index (χ4v) is 8.11. The number of hydrogen-bond donors (Lipinski definition) is 1. The molecule has 5 rings (SSSR count). The van der Waals surface area contributed by atoms with Crippen LogP contribution in [0, 0.1) is 6.07 Å². The number of carbonyl (C=O) groups is 1. The molecule has 3 aromatic heterocycles. The molecule has 0 aliphatic heterocycles. The average molecular weight is 677 g/mol. The molecule has 0 atom stereocenters. The summed E-state index contributed by atoms with van der Waals surface area (Å²) in [5.41, 5.74) is 1.14. The van der Waals surface area contributed by atoms with E-state index in [4.69, 9.17) is 10.1 Å². The average Bonchev–Trinajstić information content (AvgIpc) is 2.93. The van der Waals surface area contributed by atoms with Crippen LogP contribution in [-0.2, 0) is 24.9 Å². The summed E-state index contributed by atoms with van der Waals surface area (Å²) in [5, 5.41) is 12.4. The maximum atomic E-state index is 10.0. The van der Waals surface area contributed by atoms with Gasteiger partial charge in [0.2, 0.25) is 0 Å². The van der Waals surface area contributed by atoms with Crippen LogP contribution in [0.5, 0.6) is 0 Å². The van der Waals surface area contributed by atoms with E-state index in [0.29, 0.717) is 29.0 Å². The first-order valence-electron chi connectivity index (χ1n) is 8.41. The van der Waals surface area contributed by atoms with E-state index < -0.39 is 0 Å². The summed E-state index contributed by atoms with van der Waals surface area (Å²) in [7, 11) is 0. The Hall–Kier alpha value is -1.51. The molecule has 0 bridgehead atoms. The summed E-state index contributed by atoms with van der Waals surface area (Å²) in [6.07, 6.45) is 3.13. The molecule has 0 amide bonds. The predicted molar refractivity (Wildman–Crippen MR) is 114 cm³/mol. The van der Waals surface area contributed by atoms with E-state index in [1.165, 1.54) is 53.1 Å². The zero-order chi connectivity index (χ0) is 19.0. The number of fused-ring (bicyclic) bond motifs is 2. The van der Waals surface area contributed by atoms with Crippen molar-refractivity contribution in [1.82, 2.24) is 4.98 Å². The monoisotopic (exact) mass is 679 g/mol. The SMILES string of the molecule is CC(=O)/C=C(/C)O.[Ir].[c-]1cccc2[se]c3cccc4[se]c5ccnc(c12)c5c34. The van der Waals surface area contributed by atoms with Crippen molar-refractivity contribution in [2.45, 2.75) is 13.8 Å². The molecule has 28 heavy (non-hydrogen) atoms. The number of nitrogens with zero attached hydrogens (tertiary/aromatic N) is 1. The van der Waals surface area contributed by atoms with Gasteiger partial charge in [0.15, 0.2) is 5.78 Å². The van der Waals surface area contributed by atoms with Crippen molar-refractivity contribution in [2.24, 2.45) is 0 Å². The first kappa shape index (κ1) is 21.2. The van der Waals surface area contributed by atoms with Gasteiger partial charge in [-0.1, -0.05) is 0 Å². The molecule has 0 unspecified atom stereocenters. The van der Waals surface area contributed by atoms with Gasteiger partial charge < -0.3 is 5.11 Å². The van der Waals surface area contributed by atoms with Gasteiger partial charge in [0.1, 0.15) is 0 Å². The zero-order valence-electron chi connectivity index (χ0n) is 15.1. The molecule has 0 spiro atoms. The summed E-state index contributed by atoms with van der Waals surface area (Å²) in [5.74, 6) is -0.0625. The molecule has 0 aliphatic carbocycles. The quantitative estimate of drug-likeness (QED) is 0.122. The van der Waals surface area contributed by atoms with E-state index >= 15 is 0 Å². The summed E-state index contributed by atoms with van der Waals surface area (Å²) >= 11 is 0.775. The van der Waals surface area contributed by atoms with E-state index in [1.807, 2.05) is 12.3 Å². The van der Waals surface area contributed by atoms with Crippen LogP contribution in [0.3, 0.4) is 0 Å². The van der Waals surface area contributed by atoms with Gasteiger partial charge in [-0.2, -0.15) is 0 Å². The van der Waals surface area contributed by atoms with Gasteiger partial charge in [-0.05, 0) is 13.8 Å². The Morgan fingerprint density at radius 3 is 2.29 bits per heavy atom. The molecule has 0 saturated heterocycles. The number of rotatable bonds is 1. The molecule has 6 heteroatoms. The van der Waals surface area contributed by atoms with Crippen molar-refractivity contribution < 1.29 is 30.0 Å². The van der Waals surface area contributed by atoms with Crippen LogP contribution in [0.4, 0.5) is 0 Å². The topological polar surface area (TPSA) is 50.2 Å². The number of benzene rings is 2. The first-order chi connectivity index (χ1) is 13.0. The zero-order valence-corrected chi connectivity index (χ0v) is 21.0. The van der Waals surface area contributed by atoms with Gasteiger partial charge in [-0.3, -0.25) is 4.79 Å². The molecule has 5 aromatic rings. The standard InChI is InChI=1S/C17H8NSe2.C5H8O2.Ir/c1-2-5-11-10(4-1)17-16-14(8-9-18-17)20-13-7-3-6-12(19-11)15(13)16;1-4(6)3-5(2)7;/h1-3,5-9H;3,6H,1-2H3;/q-1;;/b;4-3-;. The van der Waals surface area contributed by atoms with Crippen LogP contribution < -0.4 is 0 Å². The Morgan fingerprint density at radius 2 is 1.64 bits per heavy atom. The number of pyridine rings is 1. The summed E-state index contributed by atoms with van der Waals surface area (Å²) in [4.78, 5) is 14.7. The summed E-state index contributed by atoms with van der Waals surface area (Å²) in [6, 6.07) is 18.8. The first-order valence-corrected chi connectivity index (χ1v) is 11.8. The van der Waals surface area contributed by atoms with E-state index in [1.54, 1.807) is 0 Å². The Balaban J connectivity index is 0.000000246. The molecule has 2 aromatic carbocycles. The fraction of sp³-hybridized carbons (Fsp3) is 0.0909. The number of hydrogen-bond acceptors (Lipinski definition) is 3. The van der Waals surface area contributed by atoms with Gasteiger partial charge in [0.05, 0.1) is 5.76 Å². The molecule has 143 valence electrons. The molecule has 3 nitrogen and oxygen atoms in total. The van der Waals surface area contributed by atoms with Crippen molar-refractivity contribution in [3.63, 3.8) is 0 Å². The van der Waals surface area contributed by atoms with E-state index in [2.05, 4.69) is 42.5 Å². The molecule has 0 saturated carbocycles. The van der Waals surface area contributed by atoms with Crippen LogP contribution in [0.25, 0.3) is 38.7 Å². The Bertz CT molecular complexity index is 1330. The van der Waals surface area contributed by atoms with Crippen molar-refractivity contribution in [1.29, 1.82) is 0 Å². The second kappa shape index (κ2) is 8.88. The third-order valence-electron chi connectivity index (χ3n) is 4.06. The minimum absolute atomic E-state index is 0. The number of aliphatic hydroxyl groups is 1. The number of ketones is 1. The van der Waals surface area contributed by atoms with Crippen LogP contribution in [0.15, 0.2) is 60.5 Å². The number of carbonyl (C=O) groups excluding carboxylic acids is 1. The number of allylic oxidation sites excluding steroid dienone is 2. The normalized spacial score (nSPS) is 11.4. The van der Waals surface area contributed by atoms with E-state index in [-0.39, 0.29) is 31.6 Å². The molecule has 0 aliphatic rings. The van der Waals surface area contributed by atoms with Gasteiger partial charge in [-0.25, -0.2) is 0 Å². The Kier molecular flexibility index (Phi) is 6.72. The molecule has 3 heterocycles. The molecule has 1 radical (unpaired) electrons. The van der Waals surface area contributed by atoms with Gasteiger partial charge >= 0.3 is 127 Å².